The molecule has 0 aliphatic carbocycles. The molecule has 2 heterocycles. The molecular weight excluding hydrogens is 587 g/mol. The molecule has 3 amide bonds. The SMILES string of the molecule is CCc1cc(Cl)cc(Br)c1C(C=C(C)C)C1CCN(C(=O)CC2CCN(C(N)=O)CC2)CC1.CN=CCCl. The van der Waals surface area contributed by atoms with Crippen LogP contribution in [0, 0.1) is 11.8 Å². The monoisotopic (exact) mass is 628 g/mol. The second kappa shape index (κ2) is 16.5. The van der Waals surface area contributed by atoms with Gasteiger partial charge in [-0.05, 0) is 81.0 Å². The van der Waals surface area contributed by atoms with E-state index < -0.39 is 0 Å². The Morgan fingerprint density at radius 3 is 2.21 bits per heavy atom. The second-order valence-electron chi connectivity index (χ2n) is 10.4. The largest absolute Gasteiger partial charge is 0.351 e. The van der Waals surface area contributed by atoms with Crippen molar-refractivity contribution in [3.63, 3.8) is 0 Å². The van der Waals surface area contributed by atoms with E-state index in [-0.39, 0.29) is 11.9 Å². The van der Waals surface area contributed by atoms with Gasteiger partial charge < -0.3 is 15.5 Å². The number of primary amides is 1. The minimum atomic E-state index is -0.355. The van der Waals surface area contributed by atoms with Gasteiger partial charge in [0.2, 0.25) is 5.91 Å². The number of allylic oxidation sites excluding steroid dienone is 2. The van der Waals surface area contributed by atoms with E-state index in [0.29, 0.717) is 43.1 Å². The molecule has 2 N–H and O–H groups in total. The summed E-state index contributed by atoms with van der Waals surface area (Å²) in [5, 5.41) is 0.764. The van der Waals surface area contributed by atoms with E-state index in [1.165, 1.54) is 16.7 Å². The lowest BCUT2D eigenvalue weighted by Crippen LogP contribution is -2.44. The summed E-state index contributed by atoms with van der Waals surface area (Å²) in [6, 6.07) is 3.74. The summed E-state index contributed by atoms with van der Waals surface area (Å²) in [5.74, 6) is 1.93. The first-order chi connectivity index (χ1) is 18.1. The number of amides is 3. The fraction of sp³-hybridized carbons (Fsp3) is 0.621. The molecule has 0 radical (unpaired) electrons. The Labute approximate surface area is 247 Å². The van der Waals surface area contributed by atoms with E-state index in [2.05, 4.69) is 53.8 Å². The zero-order valence-electron chi connectivity index (χ0n) is 23.2. The molecule has 1 unspecified atom stereocenters. The maximum absolute atomic E-state index is 13.0. The van der Waals surface area contributed by atoms with E-state index >= 15 is 0 Å². The molecule has 2 saturated heterocycles. The van der Waals surface area contributed by atoms with E-state index in [4.69, 9.17) is 28.9 Å². The first-order valence-corrected chi connectivity index (χ1v) is 15.2. The number of rotatable bonds is 7. The van der Waals surface area contributed by atoms with Gasteiger partial charge in [0.15, 0.2) is 0 Å². The molecule has 1 aromatic carbocycles. The van der Waals surface area contributed by atoms with Crippen molar-refractivity contribution < 1.29 is 9.59 Å². The van der Waals surface area contributed by atoms with Gasteiger partial charge in [-0.1, -0.05) is 46.1 Å². The highest BCUT2D eigenvalue weighted by molar-refractivity contribution is 9.10. The number of nitrogens with zero attached hydrogens (tertiary/aromatic N) is 3. The van der Waals surface area contributed by atoms with Crippen LogP contribution in [0.25, 0.3) is 0 Å². The second-order valence-corrected chi connectivity index (χ2v) is 12.0. The molecule has 2 aliphatic rings. The lowest BCUT2D eigenvalue weighted by atomic mass is 9.77. The first kappa shape index (κ1) is 32.6. The summed E-state index contributed by atoms with van der Waals surface area (Å²) >= 11 is 15.3. The van der Waals surface area contributed by atoms with Crippen LogP contribution in [0.2, 0.25) is 5.02 Å². The number of urea groups is 1. The summed E-state index contributed by atoms with van der Waals surface area (Å²) in [6.07, 6.45) is 9.27. The molecule has 212 valence electrons. The molecule has 9 heteroatoms. The Balaban J connectivity index is 0.000000926. The van der Waals surface area contributed by atoms with Crippen molar-refractivity contribution in [1.82, 2.24) is 9.80 Å². The van der Waals surface area contributed by atoms with Crippen LogP contribution in [0.4, 0.5) is 4.79 Å². The van der Waals surface area contributed by atoms with Gasteiger partial charge in [-0.25, -0.2) is 4.79 Å². The molecule has 1 atom stereocenters. The van der Waals surface area contributed by atoms with Crippen LogP contribution in [0.3, 0.4) is 0 Å². The molecule has 1 aromatic rings. The fourth-order valence-electron chi connectivity index (χ4n) is 5.43. The van der Waals surface area contributed by atoms with Crippen LogP contribution in [0.15, 0.2) is 33.2 Å². The average Bonchev–Trinajstić information content (AvgIpc) is 2.88. The minimum absolute atomic E-state index is 0.256. The van der Waals surface area contributed by atoms with Crippen molar-refractivity contribution in [2.45, 2.75) is 65.2 Å². The summed E-state index contributed by atoms with van der Waals surface area (Å²) in [6.45, 7) is 9.43. The van der Waals surface area contributed by atoms with Crippen LogP contribution < -0.4 is 5.73 Å². The standard InChI is InChI=1S/C26H37BrClN3O2.C3H6ClN/c1-4-19-15-21(28)16-23(27)25(19)22(13-17(2)3)20-7-11-30(12-8-20)24(32)14-18-5-9-31(10-6-18)26(29)33;1-5-3-2-4/h13,15-16,18,20,22H,4-12,14H2,1-3H3,(H2,29,33);3H,2H2,1H3. The smallest absolute Gasteiger partial charge is 0.314 e. The summed E-state index contributed by atoms with van der Waals surface area (Å²) in [7, 11) is 1.70. The van der Waals surface area contributed by atoms with Crippen molar-refractivity contribution >= 4 is 57.3 Å². The number of halogens is 3. The number of piperidine rings is 2. The molecule has 38 heavy (non-hydrogen) atoms. The van der Waals surface area contributed by atoms with E-state index in [9.17, 15) is 9.59 Å². The third-order valence-electron chi connectivity index (χ3n) is 7.45. The molecule has 0 bridgehead atoms. The Morgan fingerprint density at radius 2 is 1.74 bits per heavy atom. The highest BCUT2D eigenvalue weighted by atomic mass is 79.9. The Morgan fingerprint density at radius 1 is 1.13 bits per heavy atom. The summed E-state index contributed by atoms with van der Waals surface area (Å²) < 4.78 is 1.08. The van der Waals surface area contributed by atoms with Crippen LogP contribution >= 0.6 is 39.1 Å². The normalized spacial score (nSPS) is 17.7. The number of aryl methyl sites for hydroxylation is 1. The number of benzene rings is 1. The molecule has 3 rings (SSSR count). The third kappa shape index (κ3) is 9.87. The number of hydrogen-bond donors (Lipinski definition) is 1. The predicted molar refractivity (Wildman–Crippen MR) is 164 cm³/mol. The number of likely N-dealkylation sites (tertiary alicyclic amines) is 2. The van der Waals surface area contributed by atoms with E-state index in [1.807, 2.05) is 11.0 Å². The van der Waals surface area contributed by atoms with Gasteiger partial charge in [-0.3, -0.25) is 9.79 Å². The van der Waals surface area contributed by atoms with Gasteiger partial charge in [-0.2, -0.15) is 0 Å². The summed E-state index contributed by atoms with van der Waals surface area (Å²) in [4.78, 5) is 31.6. The van der Waals surface area contributed by atoms with Gasteiger partial charge in [0.1, 0.15) is 0 Å². The molecular formula is C29H43BrCl2N4O2. The fourth-order valence-corrected chi connectivity index (χ4v) is 6.70. The number of alkyl halides is 1. The molecule has 0 spiro atoms. The lowest BCUT2D eigenvalue weighted by molar-refractivity contribution is -0.134. The molecule has 0 saturated carbocycles. The number of aliphatic imine (C=N–C) groups is 1. The van der Waals surface area contributed by atoms with Crippen molar-refractivity contribution in [2.24, 2.45) is 22.6 Å². The number of hydrogen-bond acceptors (Lipinski definition) is 3. The van der Waals surface area contributed by atoms with E-state index in [0.717, 1.165) is 54.7 Å². The van der Waals surface area contributed by atoms with Crippen molar-refractivity contribution in [3.8, 4) is 0 Å². The third-order valence-corrected chi connectivity index (χ3v) is 8.46. The van der Waals surface area contributed by atoms with E-state index in [1.54, 1.807) is 18.2 Å². The Bertz CT molecular complexity index is 981. The number of carbonyl (C=O) groups is 2. The van der Waals surface area contributed by atoms with Gasteiger partial charge in [0, 0.05) is 61.3 Å². The maximum Gasteiger partial charge on any atom is 0.314 e. The number of nitrogens with two attached hydrogens (primary N) is 1. The molecule has 6 nitrogen and oxygen atoms in total. The van der Waals surface area contributed by atoms with Crippen molar-refractivity contribution in [2.75, 3.05) is 39.1 Å². The van der Waals surface area contributed by atoms with Crippen LogP contribution in [0.1, 0.15) is 69.9 Å². The Hall–Kier alpha value is -1.57. The quantitative estimate of drug-likeness (QED) is 0.199. The van der Waals surface area contributed by atoms with Crippen LogP contribution in [-0.2, 0) is 11.2 Å². The number of carbonyl (C=O) groups excluding carboxylic acids is 2. The van der Waals surface area contributed by atoms with Gasteiger partial charge in [0.05, 0.1) is 5.88 Å². The molecule has 2 aliphatic heterocycles. The first-order valence-electron chi connectivity index (χ1n) is 13.5. The van der Waals surface area contributed by atoms with Gasteiger partial charge in [-0.15, -0.1) is 11.6 Å². The zero-order valence-corrected chi connectivity index (χ0v) is 26.3. The highest BCUT2D eigenvalue weighted by Crippen LogP contribution is 2.41. The molecule has 0 aromatic heterocycles. The topological polar surface area (TPSA) is 79.0 Å². The van der Waals surface area contributed by atoms with Gasteiger partial charge >= 0.3 is 6.03 Å². The Kier molecular flexibility index (Phi) is 14.2. The van der Waals surface area contributed by atoms with Crippen molar-refractivity contribution in [3.05, 3.63) is 44.4 Å². The van der Waals surface area contributed by atoms with Crippen molar-refractivity contribution in [1.29, 1.82) is 0 Å². The zero-order chi connectivity index (χ0) is 28.2. The highest BCUT2D eigenvalue weighted by Gasteiger charge is 2.32. The van der Waals surface area contributed by atoms with Crippen LogP contribution in [-0.4, -0.2) is 67.1 Å². The maximum atomic E-state index is 13.0. The minimum Gasteiger partial charge on any atom is -0.351 e. The average molecular weight is 630 g/mol. The molecule has 2 fully saturated rings. The lowest BCUT2D eigenvalue weighted by Gasteiger charge is -2.37. The van der Waals surface area contributed by atoms with Gasteiger partial charge in [0.25, 0.3) is 0 Å². The summed E-state index contributed by atoms with van der Waals surface area (Å²) in [5.41, 5.74) is 9.31. The predicted octanol–water partition coefficient (Wildman–Crippen LogP) is 7.06. The van der Waals surface area contributed by atoms with Crippen LogP contribution in [0.5, 0.6) is 0 Å².